The van der Waals surface area contributed by atoms with Gasteiger partial charge in [-0.15, -0.1) is 0 Å². The van der Waals surface area contributed by atoms with Crippen LogP contribution in [0.25, 0.3) is 16.8 Å². The fourth-order valence-corrected chi connectivity index (χ4v) is 5.63. The monoisotopic (exact) mass is 563 g/mol. The summed E-state index contributed by atoms with van der Waals surface area (Å²) in [4.78, 5) is 58.3. The topological polar surface area (TPSA) is 120 Å². The molecule has 1 aromatic carbocycles. The number of nitrogens with one attached hydrogen (secondary N) is 1. The molecular weight excluding hydrogens is 522 g/mol. The number of ether oxygens (including phenoxy) is 1. The Morgan fingerprint density at radius 2 is 1.78 bits per heavy atom. The van der Waals surface area contributed by atoms with E-state index in [0.29, 0.717) is 36.9 Å². The van der Waals surface area contributed by atoms with E-state index in [9.17, 15) is 24.3 Å². The molecule has 4 rings (SSSR count). The fraction of sp³-hybridized carbons (Fsp3) is 0.500. The smallest absolute Gasteiger partial charge is 0.410 e. The van der Waals surface area contributed by atoms with Crippen LogP contribution in [-0.4, -0.2) is 83.0 Å². The average molecular weight is 564 g/mol. The van der Waals surface area contributed by atoms with Crippen LogP contribution in [0.4, 0.5) is 4.79 Å². The molecule has 1 saturated heterocycles. The van der Waals surface area contributed by atoms with E-state index in [1.807, 2.05) is 57.3 Å². The van der Waals surface area contributed by atoms with Gasteiger partial charge < -0.3 is 24.6 Å². The number of benzene rings is 1. The number of allylic oxidation sites excluding steroid dienone is 2. The molecule has 41 heavy (non-hydrogen) atoms. The van der Waals surface area contributed by atoms with Gasteiger partial charge in [0.15, 0.2) is 0 Å². The number of fused-ring (bicyclic) bond motifs is 1. The summed E-state index contributed by atoms with van der Waals surface area (Å²) in [6.07, 6.45) is 5.83. The SMILES string of the molecule is C/C(=C\c1ccc2cc[nH]c(=O)c2c1)[C@H]1C(=O)C(=O)C[C@H](O)CC[C@H](C)[C@@H](OC(=O)N2CCN(C)CC2)/C=C/[C@@H]1C. The summed E-state index contributed by atoms with van der Waals surface area (Å²) in [5.41, 5.74) is 1.20. The Morgan fingerprint density at radius 1 is 1.05 bits per heavy atom. The number of aromatic nitrogens is 1. The van der Waals surface area contributed by atoms with Gasteiger partial charge in [0, 0.05) is 44.2 Å². The molecule has 1 amide bonds. The molecule has 1 fully saturated rings. The molecule has 2 aliphatic rings. The lowest BCUT2D eigenvalue weighted by atomic mass is 9.79. The summed E-state index contributed by atoms with van der Waals surface area (Å²) in [5.74, 6) is -2.43. The van der Waals surface area contributed by atoms with Gasteiger partial charge in [-0.25, -0.2) is 4.79 Å². The largest absolute Gasteiger partial charge is 0.442 e. The molecule has 2 aromatic rings. The number of piperazine rings is 1. The van der Waals surface area contributed by atoms with Gasteiger partial charge in [-0.3, -0.25) is 14.4 Å². The van der Waals surface area contributed by atoms with Crippen LogP contribution in [-0.2, 0) is 14.3 Å². The predicted octanol–water partition coefficient (Wildman–Crippen LogP) is 3.81. The molecule has 5 atom stereocenters. The van der Waals surface area contributed by atoms with Crippen molar-refractivity contribution in [2.24, 2.45) is 17.8 Å². The second-order valence-electron chi connectivity index (χ2n) is 11.6. The van der Waals surface area contributed by atoms with E-state index >= 15 is 0 Å². The van der Waals surface area contributed by atoms with Crippen LogP contribution in [0.15, 0.2) is 53.0 Å². The Balaban J connectivity index is 1.63. The molecule has 2 N–H and O–H groups in total. The third-order valence-corrected chi connectivity index (χ3v) is 8.31. The van der Waals surface area contributed by atoms with E-state index in [1.54, 1.807) is 24.1 Å². The van der Waals surface area contributed by atoms with Gasteiger partial charge in [0.05, 0.1) is 12.0 Å². The van der Waals surface area contributed by atoms with E-state index in [4.69, 9.17) is 4.74 Å². The zero-order valence-corrected chi connectivity index (χ0v) is 24.3. The number of carbonyl (C=O) groups excluding carboxylic acids is 3. The van der Waals surface area contributed by atoms with Crippen LogP contribution in [0.2, 0.25) is 0 Å². The lowest BCUT2D eigenvalue weighted by molar-refractivity contribution is -0.140. The molecule has 0 bridgehead atoms. The number of aromatic amines is 1. The molecule has 9 heteroatoms. The minimum Gasteiger partial charge on any atom is -0.442 e. The summed E-state index contributed by atoms with van der Waals surface area (Å²) in [7, 11) is 2.02. The van der Waals surface area contributed by atoms with Gasteiger partial charge in [-0.05, 0) is 67.8 Å². The van der Waals surface area contributed by atoms with Crippen molar-refractivity contribution < 1.29 is 24.2 Å². The highest BCUT2D eigenvalue weighted by atomic mass is 16.6. The first kappa shape index (κ1) is 30.4. The number of aliphatic hydroxyl groups excluding tert-OH is 1. The summed E-state index contributed by atoms with van der Waals surface area (Å²) in [6, 6.07) is 7.29. The fourth-order valence-electron chi connectivity index (χ4n) is 5.63. The van der Waals surface area contributed by atoms with Gasteiger partial charge in [0.1, 0.15) is 6.10 Å². The number of H-pyrrole nitrogens is 1. The van der Waals surface area contributed by atoms with Crippen molar-refractivity contribution in [2.75, 3.05) is 33.2 Å². The number of pyridine rings is 1. The summed E-state index contributed by atoms with van der Waals surface area (Å²) >= 11 is 0. The number of likely N-dealkylation sites (N-methyl/N-ethyl adjacent to an activating group) is 1. The van der Waals surface area contributed by atoms with Crippen molar-refractivity contribution in [2.45, 2.75) is 52.2 Å². The van der Waals surface area contributed by atoms with Crippen molar-refractivity contribution in [1.82, 2.24) is 14.8 Å². The number of ketones is 2. The zero-order valence-electron chi connectivity index (χ0n) is 24.3. The predicted molar refractivity (Wildman–Crippen MR) is 158 cm³/mol. The maximum Gasteiger partial charge on any atom is 0.410 e. The highest BCUT2D eigenvalue weighted by molar-refractivity contribution is 6.38. The summed E-state index contributed by atoms with van der Waals surface area (Å²) in [5, 5.41) is 11.9. The molecule has 1 aliphatic heterocycles. The quantitative estimate of drug-likeness (QED) is 0.430. The van der Waals surface area contributed by atoms with Crippen molar-refractivity contribution in [3.05, 3.63) is 64.1 Å². The summed E-state index contributed by atoms with van der Waals surface area (Å²) < 4.78 is 5.96. The van der Waals surface area contributed by atoms with E-state index in [1.165, 1.54) is 0 Å². The second kappa shape index (κ2) is 13.4. The van der Waals surface area contributed by atoms with Crippen LogP contribution in [0.5, 0.6) is 0 Å². The first-order chi connectivity index (χ1) is 19.5. The average Bonchev–Trinajstić information content (AvgIpc) is 2.94. The van der Waals surface area contributed by atoms with Crippen LogP contribution >= 0.6 is 0 Å². The minimum absolute atomic E-state index is 0.0967. The van der Waals surface area contributed by atoms with Crippen LogP contribution in [0, 0.1) is 17.8 Å². The second-order valence-corrected chi connectivity index (χ2v) is 11.6. The molecule has 0 unspecified atom stereocenters. The molecule has 220 valence electrons. The minimum atomic E-state index is -0.959. The number of amides is 1. The normalized spacial score (nSPS) is 28.2. The number of Topliss-reactive ketones (excluding diaryl/α,β-unsaturated/α-hetero) is 2. The molecule has 9 nitrogen and oxygen atoms in total. The number of carbonyl (C=O) groups is 3. The Hall–Kier alpha value is -3.56. The van der Waals surface area contributed by atoms with Gasteiger partial charge >= 0.3 is 6.09 Å². The highest BCUT2D eigenvalue weighted by Gasteiger charge is 2.33. The van der Waals surface area contributed by atoms with Gasteiger partial charge in [0.25, 0.3) is 5.56 Å². The molecule has 1 aliphatic carbocycles. The number of aliphatic hydroxyl groups is 1. The third kappa shape index (κ3) is 7.59. The van der Waals surface area contributed by atoms with Crippen molar-refractivity contribution in [1.29, 1.82) is 0 Å². The Labute approximate surface area is 240 Å². The van der Waals surface area contributed by atoms with Crippen LogP contribution < -0.4 is 5.56 Å². The van der Waals surface area contributed by atoms with Crippen molar-refractivity contribution in [3.8, 4) is 0 Å². The molecule has 2 heterocycles. The van der Waals surface area contributed by atoms with Gasteiger partial charge in [-0.1, -0.05) is 43.7 Å². The Bertz CT molecular complexity index is 1390. The van der Waals surface area contributed by atoms with Gasteiger partial charge in [-0.2, -0.15) is 0 Å². The number of hydrogen-bond acceptors (Lipinski definition) is 7. The highest BCUT2D eigenvalue weighted by Crippen LogP contribution is 2.29. The molecule has 0 spiro atoms. The Morgan fingerprint density at radius 3 is 2.51 bits per heavy atom. The zero-order chi connectivity index (χ0) is 29.7. The Kier molecular flexibility index (Phi) is 9.94. The third-order valence-electron chi connectivity index (χ3n) is 8.31. The van der Waals surface area contributed by atoms with E-state index < -0.39 is 29.7 Å². The number of nitrogens with zero attached hydrogens (tertiary/aromatic N) is 2. The van der Waals surface area contributed by atoms with Crippen LogP contribution in [0.3, 0.4) is 0 Å². The first-order valence-electron chi connectivity index (χ1n) is 14.4. The molecule has 1 aromatic heterocycles. The standard InChI is InChI=1S/C32H41N3O6/c1-20-5-9-25(36)19-27(37)30(38)29(22(3)17-23-7-8-24-11-12-33-31(39)26(24)18-23)21(2)6-10-28(20)41-32(40)35-15-13-34(4)14-16-35/h6-8,10-12,17-18,20-21,25,28-29,36H,5,9,13-16,19H2,1-4H3,(H,33,39)/b10-6+,22-17+/t20-,21-,25+,28-,29-/m0/s1. The van der Waals surface area contributed by atoms with E-state index in [-0.39, 0.29) is 29.9 Å². The van der Waals surface area contributed by atoms with E-state index in [0.717, 1.165) is 24.0 Å². The molecular formula is C32H41N3O6. The molecule has 0 radical (unpaired) electrons. The maximum atomic E-state index is 13.5. The van der Waals surface area contributed by atoms with Crippen molar-refractivity contribution in [3.63, 3.8) is 0 Å². The lowest BCUT2D eigenvalue weighted by Gasteiger charge is -2.33. The van der Waals surface area contributed by atoms with Crippen molar-refractivity contribution >= 4 is 34.5 Å². The van der Waals surface area contributed by atoms with Crippen LogP contribution in [0.1, 0.15) is 45.6 Å². The van der Waals surface area contributed by atoms with E-state index in [2.05, 4.69) is 9.88 Å². The lowest BCUT2D eigenvalue weighted by Crippen LogP contribution is -2.48. The number of rotatable bonds is 3. The number of hydrogen-bond donors (Lipinski definition) is 2. The first-order valence-corrected chi connectivity index (χ1v) is 14.4. The molecule has 0 saturated carbocycles. The maximum absolute atomic E-state index is 13.5. The summed E-state index contributed by atoms with van der Waals surface area (Å²) in [6.45, 7) is 8.38. The van der Waals surface area contributed by atoms with Gasteiger partial charge in [0.2, 0.25) is 11.6 Å².